The van der Waals surface area contributed by atoms with Crippen LogP contribution in [0.2, 0.25) is 0 Å². The number of thioether (sulfide) groups is 1. The van der Waals surface area contributed by atoms with Crippen LogP contribution < -0.4 is 4.74 Å². The van der Waals surface area contributed by atoms with Gasteiger partial charge in [-0.25, -0.2) is 0 Å². The van der Waals surface area contributed by atoms with Gasteiger partial charge >= 0.3 is 0 Å². The smallest absolute Gasteiger partial charge is 0.277 e. The van der Waals surface area contributed by atoms with Gasteiger partial charge in [-0.2, -0.15) is 0 Å². The highest BCUT2D eigenvalue weighted by molar-refractivity contribution is 7.98. The molecule has 0 aliphatic heterocycles. The highest BCUT2D eigenvalue weighted by atomic mass is 32.2. The Bertz CT molecular complexity index is 1020. The summed E-state index contributed by atoms with van der Waals surface area (Å²) in [5, 5.41) is 11.2. The number of ether oxygens (including phenoxy) is 1. The van der Waals surface area contributed by atoms with Crippen molar-refractivity contribution < 1.29 is 9.15 Å². The van der Waals surface area contributed by atoms with Crippen LogP contribution in [0.3, 0.4) is 0 Å². The zero-order valence-corrected chi connectivity index (χ0v) is 15.2. The number of hydrogen-bond acceptors (Lipinski definition) is 5. The molecule has 4 rings (SSSR count). The van der Waals surface area contributed by atoms with Gasteiger partial charge in [0.15, 0.2) is 6.61 Å². The summed E-state index contributed by atoms with van der Waals surface area (Å²) >= 11 is 1.54. The second-order valence-corrected chi connectivity index (χ2v) is 6.87. The molecule has 0 aliphatic carbocycles. The molecule has 130 valence electrons. The summed E-state index contributed by atoms with van der Waals surface area (Å²) in [6.07, 6.45) is 0. The lowest BCUT2D eigenvalue weighted by atomic mass is 10.1. The molecule has 26 heavy (non-hydrogen) atoms. The molecule has 3 aromatic carbocycles. The topological polar surface area (TPSA) is 48.2 Å². The van der Waals surface area contributed by atoms with Gasteiger partial charge in [-0.3, -0.25) is 0 Å². The summed E-state index contributed by atoms with van der Waals surface area (Å²) in [7, 11) is 0. The van der Waals surface area contributed by atoms with Crippen molar-refractivity contribution in [3.63, 3.8) is 0 Å². The van der Waals surface area contributed by atoms with Crippen molar-refractivity contribution in [1.82, 2.24) is 10.2 Å². The lowest BCUT2D eigenvalue weighted by molar-refractivity contribution is 0.251. The van der Waals surface area contributed by atoms with Crippen LogP contribution in [0.5, 0.6) is 5.75 Å². The SMILES string of the molecule is Cc1ccccc1OCc1nnc(SCc2cccc3ccccc23)o1. The number of aryl methyl sites for hydroxylation is 1. The molecule has 0 unspecified atom stereocenters. The van der Waals surface area contributed by atoms with Crippen LogP contribution in [0.1, 0.15) is 17.0 Å². The van der Waals surface area contributed by atoms with E-state index in [0.717, 1.165) is 17.1 Å². The monoisotopic (exact) mass is 362 g/mol. The second kappa shape index (κ2) is 7.62. The normalized spacial score (nSPS) is 11.0. The summed E-state index contributed by atoms with van der Waals surface area (Å²) in [5.41, 5.74) is 2.33. The minimum absolute atomic E-state index is 0.271. The standard InChI is InChI=1S/C21H18N2O2S/c1-15-7-2-5-12-19(15)24-13-20-22-23-21(25-20)26-14-17-10-6-9-16-8-3-4-11-18(16)17/h2-12H,13-14H2,1H3. The molecule has 0 aliphatic rings. The van der Waals surface area contributed by atoms with Crippen molar-refractivity contribution in [2.75, 3.05) is 0 Å². The molecule has 0 saturated heterocycles. The summed E-state index contributed by atoms with van der Waals surface area (Å²) in [6, 6.07) is 22.6. The average molecular weight is 362 g/mol. The molecular formula is C21H18N2O2S. The molecule has 0 saturated carbocycles. The predicted molar refractivity (Wildman–Crippen MR) is 103 cm³/mol. The first-order valence-corrected chi connectivity index (χ1v) is 9.38. The number of fused-ring (bicyclic) bond motifs is 1. The maximum absolute atomic E-state index is 5.75. The Morgan fingerprint density at radius 3 is 2.65 bits per heavy atom. The number of benzene rings is 3. The van der Waals surface area contributed by atoms with Crippen molar-refractivity contribution in [3.05, 3.63) is 83.7 Å². The van der Waals surface area contributed by atoms with Gasteiger partial charge < -0.3 is 9.15 Å². The van der Waals surface area contributed by atoms with Gasteiger partial charge in [0.25, 0.3) is 11.1 Å². The lowest BCUT2D eigenvalue weighted by Crippen LogP contribution is -1.97. The summed E-state index contributed by atoms with van der Waals surface area (Å²) < 4.78 is 11.4. The van der Waals surface area contributed by atoms with E-state index < -0.39 is 0 Å². The zero-order chi connectivity index (χ0) is 17.8. The van der Waals surface area contributed by atoms with Gasteiger partial charge in [-0.15, -0.1) is 10.2 Å². The van der Waals surface area contributed by atoms with Gasteiger partial charge in [0.2, 0.25) is 0 Å². The van der Waals surface area contributed by atoms with E-state index in [2.05, 4.69) is 52.7 Å². The van der Waals surface area contributed by atoms with Crippen LogP contribution in [-0.2, 0) is 12.4 Å². The quantitative estimate of drug-likeness (QED) is 0.430. The number of para-hydroxylation sites is 1. The molecule has 4 aromatic rings. The molecule has 0 atom stereocenters. The van der Waals surface area contributed by atoms with E-state index in [4.69, 9.17) is 9.15 Å². The fraction of sp³-hybridized carbons (Fsp3) is 0.143. The molecule has 5 heteroatoms. The van der Waals surface area contributed by atoms with Gasteiger partial charge in [-0.05, 0) is 34.9 Å². The largest absolute Gasteiger partial charge is 0.484 e. The number of nitrogens with zero attached hydrogens (tertiary/aromatic N) is 2. The summed E-state index contributed by atoms with van der Waals surface area (Å²) in [4.78, 5) is 0. The lowest BCUT2D eigenvalue weighted by Gasteiger charge is -2.06. The second-order valence-electron chi connectivity index (χ2n) is 5.94. The molecule has 0 radical (unpaired) electrons. The van der Waals surface area contributed by atoms with E-state index in [1.54, 1.807) is 0 Å². The van der Waals surface area contributed by atoms with Crippen molar-refractivity contribution in [2.45, 2.75) is 24.5 Å². The number of aromatic nitrogens is 2. The van der Waals surface area contributed by atoms with E-state index in [1.807, 2.05) is 31.2 Å². The molecule has 1 heterocycles. The van der Waals surface area contributed by atoms with Crippen molar-refractivity contribution in [2.24, 2.45) is 0 Å². The van der Waals surface area contributed by atoms with Crippen molar-refractivity contribution in [1.29, 1.82) is 0 Å². The molecule has 4 nitrogen and oxygen atoms in total. The number of rotatable bonds is 6. The molecule has 0 bridgehead atoms. The third kappa shape index (κ3) is 3.73. The maximum atomic E-state index is 5.75. The Kier molecular flexibility index (Phi) is 4.88. The van der Waals surface area contributed by atoms with Crippen LogP contribution in [-0.4, -0.2) is 10.2 Å². The highest BCUT2D eigenvalue weighted by Gasteiger charge is 2.09. The van der Waals surface area contributed by atoms with Crippen LogP contribution in [0, 0.1) is 6.92 Å². The Morgan fingerprint density at radius 2 is 1.73 bits per heavy atom. The first-order valence-electron chi connectivity index (χ1n) is 8.40. The van der Waals surface area contributed by atoms with Crippen LogP contribution in [0.25, 0.3) is 10.8 Å². The van der Waals surface area contributed by atoms with Crippen LogP contribution in [0.4, 0.5) is 0 Å². The Balaban J connectivity index is 1.40. The third-order valence-electron chi connectivity index (χ3n) is 4.12. The molecule has 1 aromatic heterocycles. The Hall–Kier alpha value is -2.79. The van der Waals surface area contributed by atoms with Gasteiger partial charge in [-0.1, -0.05) is 72.4 Å². The molecular weight excluding hydrogens is 344 g/mol. The average Bonchev–Trinajstić information content (AvgIpc) is 3.13. The molecule has 0 fully saturated rings. The fourth-order valence-corrected chi connectivity index (χ4v) is 3.55. The Labute approximate surface area is 156 Å². The van der Waals surface area contributed by atoms with E-state index >= 15 is 0 Å². The fourth-order valence-electron chi connectivity index (χ4n) is 2.77. The zero-order valence-electron chi connectivity index (χ0n) is 14.4. The van der Waals surface area contributed by atoms with Gasteiger partial charge in [0.05, 0.1) is 0 Å². The van der Waals surface area contributed by atoms with Crippen LogP contribution >= 0.6 is 11.8 Å². The first-order chi connectivity index (χ1) is 12.8. The molecule has 0 amide bonds. The van der Waals surface area contributed by atoms with Gasteiger partial charge in [0, 0.05) is 5.75 Å². The molecule has 0 spiro atoms. The Morgan fingerprint density at radius 1 is 0.923 bits per heavy atom. The molecule has 0 N–H and O–H groups in total. The van der Waals surface area contributed by atoms with Crippen LogP contribution in [0.15, 0.2) is 76.4 Å². The summed E-state index contributed by atoms with van der Waals surface area (Å²) in [6.45, 7) is 2.28. The third-order valence-corrected chi connectivity index (χ3v) is 4.99. The highest BCUT2D eigenvalue weighted by Crippen LogP contribution is 2.27. The summed E-state index contributed by atoms with van der Waals surface area (Å²) in [5.74, 6) is 2.09. The minimum atomic E-state index is 0.271. The first kappa shape index (κ1) is 16.7. The van der Waals surface area contributed by atoms with E-state index in [1.165, 1.54) is 28.1 Å². The van der Waals surface area contributed by atoms with E-state index in [-0.39, 0.29) is 6.61 Å². The van der Waals surface area contributed by atoms with Crippen molar-refractivity contribution >= 4 is 22.5 Å². The van der Waals surface area contributed by atoms with E-state index in [9.17, 15) is 0 Å². The number of hydrogen-bond donors (Lipinski definition) is 0. The predicted octanol–water partition coefficient (Wildman–Crippen LogP) is 5.40. The van der Waals surface area contributed by atoms with E-state index in [0.29, 0.717) is 11.1 Å². The van der Waals surface area contributed by atoms with Gasteiger partial charge in [0.1, 0.15) is 5.75 Å². The van der Waals surface area contributed by atoms with Crippen molar-refractivity contribution in [3.8, 4) is 5.75 Å². The minimum Gasteiger partial charge on any atom is -0.484 e. The maximum Gasteiger partial charge on any atom is 0.277 e.